The van der Waals surface area contributed by atoms with Crippen molar-refractivity contribution in [1.82, 2.24) is 9.62 Å². The molecule has 0 saturated heterocycles. The molecule has 21 heavy (non-hydrogen) atoms. The van der Waals surface area contributed by atoms with Gasteiger partial charge in [0.1, 0.15) is 0 Å². The molecule has 118 valence electrons. The molecule has 6 heteroatoms. The molecule has 1 aromatic carbocycles. The van der Waals surface area contributed by atoms with Crippen LogP contribution in [0.5, 0.6) is 0 Å². The van der Waals surface area contributed by atoms with Crippen LogP contribution in [0.25, 0.3) is 0 Å². The molecule has 1 fully saturated rings. The van der Waals surface area contributed by atoms with Gasteiger partial charge in [-0.05, 0) is 51.3 Å². The molecular weight excluding hydrogens is 286 g/mol. The summed E-state index contributed by atoms with van der Waals surface area (Å²) in [7, 11) is -1.86. The SMILES string of the molecule is Cc1ccc(NS(=O)(=O)N(C)CCCNC2CC2)c(C)c1. The molecule has 0 amide bonds. The highest BCUT2D eigenvalue weighted by Crippen LogP contribution is 2.19. The number of benzene rings is 1. The van der Waals surface area contributed by atoms with Gasteiger partial charge in [0.05, 0.1) is 5.69 Å². The van der Waals surface area contributed by atoms with Crippen LogP contribution in [-0.4, -0.2) is 38.9 Å². The normalized spacial score (nSPS) is 15.4. The number of rotatable bonds is 8. The van der Waals surface area contributed by atoms with Crippen LogP contribution in [0.2, 0.25) is 0 Å². The molecule has 1 aliphatic rings. The Morgan fingerprint density at radius 3 is 2.62 bits per heavy atom. The van der Waals surface area contributed by atoms with E-state index in [0.717, 1.165) is 24.1 Å². The number of hydrogen-bond acceptors (Lipinski definition) is 3. The first-order valence-corrected chi connectivity index (χ1v) is 8.87. The average molecular weight is 311 g/mol. The van der Waals surface area contributed by atoms with E-state index >= 15 is 0 Å². The Bertz CT molecular complexity index is 583. The van der Waals surface area contributed by atoms with Gasteiger partial charge < -0.3 is 5.32 Å². The van der Waals surface area contributed by atoms with Crippen molar-refractivity contribution in [3.8, 4) is 0 Å². The van der Waals surface area contributed by atoms with Gasteiger partial charge in [-0.1, -0.05) is 17.7 Å². The zero-order chi connectivity index (χ0) is 15.5. The third-order valence-electron chi connectivity index (χ3n) is 3.69. The zero-order valence-corrected chi connectivity index (χ0v) is 13.8. The van der Waals surface area contributed by atoms with E-state index in [4.69, 9.17) is 0 Å². The van der Waals surface area contributed by atoms with E-state index in [2.05, 4.69) is 10.0 Å². The molecule has 0 radical (unpaired) electrons. The lowest BCUT2D eigenvalue weighted by molar-refractivity contribution is 0.458. The Morgan fingerprint density at radius 2 is 2.00 bits per heavy atom. The van der Waals surface area contributed by atoms with Gasteiger partial charge in [-0.25, -0.2) is 0 Å². The Labute approximate surface area is 127 Å². The lowest BCUT2D eigenvalue weighted by atomic mass is 10.1. The summed E-state index contributed by atoms with van der Waals surface area (Å²) in [6, 6.07) is 6.35. The van der Waals surface area contributed by atoms with Crippen LogP contribution < -0.4 is 10.0 Å². The molecule has 0 atom stereocenters. The quantitative estimate of drug-likeness (QED) is 0.722. The molecule has 0 unspecified atom stereocenters. The number of hydrogen-bond donors (Lipinski definition) is 2. The molecule has 0 spiro atoms. The molecule has 5 nitrogen and oxygen atoms in total. The van der Waals surface area contributed by atoms with Gasteiger partial charge in [0, 0.05) is 19.6 Å². The van der Waals surface area contributed by atoms with E-state index in [9.17, 15) is 8.42 Å². The van der Waals surface area contributed by atoms with E-state index in [-0.39, 0.29) is 0 Å². The molecule has 1 aliphatic carbocycles. The molecule has 0 heterocycles. The summed E-state index contributed by atoms with van der Waals surface area (Å²) in [6.07, 6.45) is 3.32. The maximum atomic E-state index is 12.3. The maximum absolute atomic E-state index is 12.3. The summed E-state index contributed by atoms with van der Waals surface area (Å²) in [5.74, 6) is 0. The highest BCUT2D eigenvalue weighted by atomic mass is 32.2. The number of aryl methyl sites for hydroxylation is 2. The number of nitrogens with one attached hydrogen (secondary N) is 2. The van der Waals surface area contributed by atoms with E-state index in [0.29, 0.717) is 18.3 Å². The molecule has 1 saturated carbocycles. The standard InChI is InChI=1S/C15H25N3O2S/c1-12-5-8-15(13(2)11-12)17-21(19,20)18(3)10-4-9-16-14-6-7-14/h5,8,11,14,16-17H,4,6-7,9-10H2,1-3H3. The number of anilines is 1. The van der Waals surface area contributed by atoms with Crippen molar-refractivity contribution in [3.05, 3.63) is 29.3 Å². The van der Waals surface area contributed by atoms with Crippen molar-refractivity contribution in [1.29, 1.82) is 0 Å². The van der Waals surface area contributed by atoms with Crippen LogP contribution in [0.1, 0.15) is 30.4 Å². The largest absolute Gasteiger partial charge is 0.314 e. The lowest BCUT2D eigenvalue weighted by Gasteiger charge is -2.19. The van der Waals surface area contributed by atoms with Gasteiger partial charge in [-0.2, -0.15) is 12.7 Å². The number of nitrogens with zero attached hydrogens (tertiary/aromatic N) is 1. The summed E-state index contributed by atoms with van der Waals surface area (Å²) in [4.78, 5) is 0. The Hall–Kier alpha value is -1.11. The minimum absolute atomic E-state index is 0.514. The van der Waals surface area contributed by atoms with Crippen LogP contribution in [0.4, 0.5) is 5.69 Å². The maximum Gasteiger partial charge on any atom is 0.301 e. The highest BCUT2D eigenvalue weighted by molar-refractivity contribution is 7.90. The van der Waals surface area contributed by atoms with Crippen LogP contribution in [0, 0.1) is 13.8 Å². The first kappa shape index (κ1) is 16.3. The third kappa shape index (κ3) is 4.98. The van der Waals surface area contributed by atoms with Crippen LogP contribution in [0.15, 0.2) is 18.2 Å². The fourth-order valence-electron chi connectivity index (χ4n) is 2.16. The summed E-state index contributed by atoms with van der Waals surface area (Å²) >= 11 is 0. The lowest BCUT2D eigenvalue weighted by Crippen LogP contribution is -2.34. The molecule has 1 aromatic rings. The van der Waals surface area contributed by atoms with Gasteiger partial charge >= 0.3 is 10.2 Å². The van der Waals surface area contributed by atoms with Crippen molar-refractivity contribution >= 4 is 15.9 Å². The predicted molar refractivity (Wildman–Crippen MR) is 86.7 cm³/mol. The smallest absolute Gasteiger partial charge is 0.301 e. The molecule has 2 rings (SSSR count). The summed E-state index contributed by atoms with van der Waals surface area (Å²) in [5, 5.41) is 3.39. The summed E-state index contributed by atoms with van der Waals surface area (Å²) < 4.78 is 28.6. The van der Waals surface area contributed by atoms with Crippen molar-refractivity contribution < 1.29 is 8.42 Å². The van der Waals surface area contributed by atoms with Gasteiger partial charge in [0.25, 0.3) is 0 Å². The van der Waals surface area contributed by atoms with Gasteiger partial charge in [-0.3, -0.25) is 4.72 Å². The van der Waals surface area contributed by atoms with E-state index in [1.54, 1.807) is 7.05 Å². The fraction of sp³-hybridized carbons (Fsp3) is 0.600. The molecule has 2 N–H and O–H groups in total. The summed E-state index contributed by atoms with van der Waals surface area (Å²) in [6.45, 7) is 5.28. The molecule has 0 aromatic heterocycles. The van der Waals surface area contributed by atoms with Crippen LogP contribution in [-0.2, 0) is 10.2 Å². The molecule has 0 bridgehead atoms. The van der Waals surface area contributed by atoms with E-state index in [1.807, 2.05) is 32.0 Å². The summed E-state index contributed by atoms with van der Waals surface area (Å²) in [5.41, 5.74) is 2.70. The second-order valence-electron chi connectivity index (χ2n) is 5.83. The molecule has 0 aliphatic heterocycles. The zero-order valence-electron chi connectivity index (χ0n) is 13.0. The van der Waals surface area contributed by atoms with Crippen LogP contribution >= 0.6 is 0 Å². The Kier molecular flexibility index (Phi) is 5.24. The van der Waals surface area contributed by atoms with Gasteiger partial charge in [0.15, 0.2) is 0 Å². The van der Waals surface area contributed by atoms with Gasteiger partial charge in [0.2, 0.25) is 0 Å². The Morgan fingerprint density at radius 1 is 1.29 bits per heavy atom. The molecular formula is C15H25N3O2S. The topological polar surface area (TPSA) is 61.4 Å². The fourth-order valence-corrected chi connectivity index (χ4v) is 3.19. The first-order chi connectivity index (χ1) is 9.88. The first-order valence-electron chi connectivity index (χ1n) is 7.43. The van der Waals surface area contributed by atoms with Gasteiger partial charge in [-0.15, -0.1) is 0 Å². The van der Waals surface area contributed by atoms with Crippen molar-refractivity contribution in [2.24, 2.45) is 0 Å². The van der Waals surface area contributed by atoms with Crippen LogP contribution in [0.3, 0.4) is 0 Å². The van der Waals surface area contributed by atoms with E-state index < -0.39 is 10.2 Å². The minimum Gasteiger partial charge on any atom is -0.314 e. The second-order valence-corrected chi connectivity index (χ2v) is 7.61. The van der Waals surface area contributed by atoms with Crippen molar-refractivity contribution in [2.75, 3.05) is 24.9 Å². The minimum atomic E-state index is -3.48. The van der Waals surface area contributed by atoms with Crippen molar-refractivity contribution in [3.63, 3.8) is 0 Å². The average Bonchev–Trinajstić information content (AvgIpc) is 3.22. The predicted octanol–water partition coefficient (Wildman–Crippen LogP) is 2.03. The highest BCUT2D eigenvalue weighted by Gasteiger charge is 2.21. The van der Waals surface area contributed by atoms with E-state index in [1.165, 1.54) is 17.1 Å². The third-order valence-corrected chi connectivity index (χ3v) is 5.17. The van der Waals surface area contributed by atoms with Crippen molar-refractivity contribution in [2.45, 2.75) is 39.2 Å². The second kappa shape index (κ2) is 6.77. The monoisotopic (exact) mass is 311 g/mol. The Balaban J connectivity index is 1.86.